The van der Waals surface area contributed by atoms with Crippen LogP contribution >= 0.6 is 22.9 Å². The lowest BCUT2D eigenvalue weighted by molar-refractivity contribution is -0.142. The molecule has 0 aliphatic heterocycles. The van der Waals surface area contributed by atoms with Crippen molar-refractivity contribution in [3.8, 4) is 0 Å². The van der Waals surface area contributed by atoms with E-state index in [1.807, 2.05) is 0 Å². The molecule has 1 atom stereocenters. The first-order valence-electron chi connectivity index (χ1n) is 4.48. The molecule has 0 aromatic rings. The second-order valence-electron chi connectivity index (χ2n) is 2.68. The molecule has 0 saturated heterocycles. The average molecular weight is 344 g/mol. The SMILES string of the molecule is CCOC(=O)N[C@@H](COC(C)=O)C(=O)NI. The van der Waals surface area contributed by atoms with Crippen molar-refractivity contribution >= 4 is 40.8 Å². The van der Waals surface area contributed by atoms with Gasteiger partial charge in [0, 0.05) is 6.92 Å². The Morgan fingerprint density at radius 1 is 1.31 bits per heavy atom. The second-order valence-corrected chi connectivity index (χ2v) is 3.22. The van der Waals surface area contributed by atoms with Gasteiger partial charge >= 0.3 is 12.1 Å². The Bertz CT molecular complexity index is 271. The Labute approximate surface area is 107 Å². The van der Waals surface area contributed by atoms with Crippen molar-refractivity contribution in [1.82, 2.24) is 8.85 Å². The van der Waals surface area contributed by atoms with Gasteiger partial charge < -0.3 is 14.8 Å². The zero-order valence-corrected chi connectivity index (χ0v) is 11.1. The van der Waals surface area contributed by atoms with Crippen LogP contribution in [0.4, 0.5) is 4.79 Å². The number of halogens is 1. The van der Waals surface area contributed by atoms with Crippen LogP contribution in [0.15, 0.2) is 0 Å². The molecule has 0 aromatic carbocycles. The van der Waals surface area contributed by atoms with E-state index in [1.54, 1.807) is 29.8 Å². The summed E-state index contributed by atoms with van der Waals surface area (Å²) in [6.45, 7) is 2.81. The fourth-order valence-corrected chi connectivity index (χ4v) is 1.14. The van der Waals surface area contributed by atoms with E-state index in [-0.39, 0.29) is 13.2 Å². The Morgan fingerprint density at radius 3 is 2.38 bits per heavy atom. The summed E-state index contributed by atoms with van der Waals surface area (Å²) in [4.78, 5) is 32.9. The molecule has 0 aliphatic carbocycles. The van der Waals surface area contributed by atoms with Crippen molar-refractivity contribution in [1.29, 1.82) is 0 Å². The minimum atomic E-state index is -0.958. The molecule has 0 spiro atoms. The van der Waals surface area contributed by atoms with Gasteiger partial charge in [0.05, 0.1) is 29.5 Å². The number of hydrogen-bond acceptors (Lipinski definition) is 5. The molecule has 0 aromatic heterocycles. The van der Waals surface area contributed by atoms with Gasteiger partial charge in [0.2, 0.25) is 0 Å². The van der Waals surface area contributed by atoms with Crippen molar-refractivity contribution < 1.29 is 23.9 Å². The lowest BCUT2D eigenvalue weighted by atomic mass is 10.3. The van der Waals surface area contributed by atoms with Crippen LogP contribution < -0.4 is 8.85 Å². The zero-order valence-electron chi connectivity index (χ0n) is 8.91. The summed E-state index contributed by atoms with van der Waals surface area (Å²) < 4.78 is 11.5. The first kappa shape index (κ1) is 14.9. The van der Waals surface area contributed by atoms with E-state index >= 15 is 0 Å². The predicted molar refractivity (Wildman–Crippen MR) is 62.7 cm³/mol. The van der Waals surface area contributed by atoms with Gasteiger partial charge in [0.25, 0.3) is 5.91 Å². The maximum absolute atomic E-state index is 11.3. The molecular weight excluding hydrogens is 331 g/mol. The number of ether oxygens (including phenoxy) is 2. The highest BCUT2D eigenvalue weighted by Gasteiger charge is 2.21. The quantitative estimate of drug-likeness (QED) is 0.420. The van der Waals surface area contributed by atoms with Gasteiger partial charge in [-0.05, 0) is 6.92 Å². The number of nitrogens with one attached hydrogen (secondary N) is 2. The van der Waals surface area contributed by atoms with E-state index in [4.69, 9.17) is 0 Å². The maximum Gasteiger partial charge on any atom is 0.407 e. The van der Waals surface area contributed by atoms with E-state index in [0.29, 0.717) is 0 Å². The van der Waals surface area contributed by atoms with Crippen molar-refractivity contribution in [2.75, 3.05) is 13.2 Å². The fraction of sp³-hybridized carbons (Fsp3) is 0.625. The van der Waals surface area contributed by atoms with Gasteiger partial charge in [0.15, 0.2) is 0 Å². The summed E-state index contributed by atoms with van der Waals surface area (Å²) in [6.07, 6.45) is -0.736. The standard InChI is InChI=1S/C8H13IN2O5/c1-3-15-8(14)10-6(7(13)11-9)4-16-5(2)12/h6H,3-4H2,1-2H3,(H,10,14)(H,11,13)/t6-/m0/s1. The molecule has 8 heteroatoms. The van der Waals surface area contributed by atoms with Crippen LogP contribution in [0.3, 0.4) is 0 Å². The van der Waals surface area contributed by atoms with Crippen molar-refractivity contribution in [3.63, 3.8) is 0 Å². The molecule has 0 bridgehead atoms. The van der Waals surface area contributed by atoms with E-state index in [9.17, 15) is 14.4 Å². The average Bonchev–Trinajstić information content (AvgIpc) is 2.23. The van der Waals surface area contributed by atoms with Gasteiger partial charge in [-0.25, -0.2) is 4.79 Å². The summed E-state index contributed by atoms with van der Waals surface area (Å²) in [5.74, 6) is -1.01. The first-order valence-corrected chi connectivity index (χ1v) is 5.56. The third kappa shape index (κ3) is 6.43. The molecule has 7 nitrogen and oxygen atoms in total. The monoisotopic (exact) mass is 344 g/mol. The Hall–Kier alpha value is -1.06. The number of carbonyl (C=O) groups excluding carboxylic acids is 3. The van der Waals surface area contributed by atoms with Crippen molar-refractivity contribution in [2.24, 2.45) is 0 Å². The molecule has 0 aliphatic rings. The number of alkyl carbamates (subject to hydrolysis) is 1. The molecule has 0 rings (SSSR count). The first-order chi connectivity index (χ1) is 7.51. The van der Waals surface area contributed by atoms with Crippen molar-refractivity contribution in [3.05, 3.63) is 0 Å². The molecule has 0 fully saturated rings. The molecule has 0 saturated carbocycles. The number of amides is 2. The van der Waals surface area contributed by atoms with Gasteiger partial charge in [-0.3, -0.25) is 13.1 Å². The largest absolute Gasteiger partial charge is 0.463 e. The highest BCUT2D eigenvalue weighted by molar-refractivity contribution is 14.1. The molecule has 0 unspecified atom stereocenters. The molecule has 0 heterocycles. The van der Waals surface area contributed by atoms with E-state index in [2.05, 4.69) is 18.3 Å². The molecule has 16 heavy (non-hydrogen) atoms. The third-order valence-corrected chi connectivity index (χ3v) is 1.96. The summed E-state index contributed by atoms with van der Waals surface area (Å²) in [6, 6.07) is -0.958. The van der Waals surface area contributed by atoms with Crippen LogP contribution in [-0.2, 0) is 19.1 Å². The lowest BCUT2D eigenvalue weighted by Gasteiger charge is -2.15. The molecule has 92 valence electrons. The van der Waals surface area contributed by atoms with Gasteiger partial charge in [0.1, 0.15) is 12.6 Å². The van der Waals surface area contributed by atoms with E-state index < -0.39 is 24.0 Å². The van der Waals surface area contributed by atoms with Crippen LogP contribution in [-0.4, -0.2) is 37.2 Å². The van der Waals surface area contributed by atoms with E-state index in [0.717, 1.165) is 0 Å². The maximum atomic E-state index is 11.3. The molecule has 2 N–H and O–H groups in total. The number of rotatable bonds is 5. The minimum absolute atomic E-state index is 0.192. The summed E-state index contributed by atoms with van der Waals surface area (Å²) in [5, 5.41) is 2.27. The highest BCUT2D eigenvalue weighted by atomic mass is 127. The predicted octanol–water partition coefficient (Wildman–Crippen LogP) is 0.130. The van der Waals surface area contributed by atoms with Crippen LogP contribution in [0, 0.1) is 0 Å². The summed E-state index contributed by atoms with van der Waals surface area (Å²) in [5.41, 5.74) is 0. The highest BCUT2D eigenvalue weighted by Crippen LogP contribution is 1.92. The van der Waals surface area contributed by atoms with E-state index in [1.165, 1.54) is 6.92 Å². The Morgan fingerprint density at radius 2 is 1.94 bits per heavy atom. The van der Waals surface area contributed by atoms with Crippen LogP contribution in [0.5, 0.6) is 0 Å². The number of hydrogen-bond donors (Lipinski definition) is 2. The van der Waals surface area contributed by atoms with Crippen LogP contribution in [0.1, 0.15) is 13.8 Å². The summed E-state index contributed by atoms with van der Waals surface area (Å²) in [7, 11) is 0. The molecular formula is C8H13IN2O5. The topological polar surface area (TPSA) is 93.7 Å². The zero-order chi connectivity index (χ0) is 12.6. The number of carbonyl (C=O) groups is 3. The summed E-state index contributed by atoms with van der Waals surface area (Å²) >= 11 is 1.62. The Kier molecular flexibility index (Phi) is 7.60. The molecule has 2 amide bonds. The fourth-order valence-electron chi connectivity index (χ4n) is 0.764. The number of esters is 1. The van der Waals surface area contributed by atoms with Crippen LogP contribution in [0.2, 0.25) is 0 Å². The minimum Gasteiger partial charge on any atom is -0.463 e. The van der Waals surface area contributed by atoms with Gasteiger partial charge in [-0.1, -0.05) is 0 Å². The normalized spacial score (nSPS) is 11.2. The van der Waals surface area contributed by atoms with Gasteiger partial charge in [-0.15, -0.1) is 0 Å². The lowest BCUT2D eigenvalue weighted by Crippen LogP contribution is -2.47. The van der Waals surface area contributed by atoms with Crippen molar-refractivity contribution in [2.45, 2.75) is 19.9 Å². The van der Waals surface area contributed by atoms with Gasteiger partial charge in [-0.2, -0.15) is 0 Å². The third-order valence-electron chi connectivity index (χ3n) is 1.43. The Balaban J connectivity index is 4.25. The van der Waals surface area contributed by atoms with Crippen LogP contribution in [0.25, 0.3) is 0 Å². The second kappa shape index (κ2) is 8.13. The molecule has 0 radical (unpaired) electrons. The smallest absolute Gasteiger partial charge is 0.407 e.